The molecular weight excluding hydrogens is 474 g/mol. The lowest BCUT2D eigenvalue weighted by atomic mass is 10.2. The van der Waals surface area contributed by atoms with E-state index in [9.17, 15) is 18.4 Å². The van der Waals surface area contributed by atoms with Gasteiger partial charge >= 0.3 is 0 Å². The summed E-state index contributed by atoms with van der Waals surface area (Å²) in [4.78, 5) is 26.6. The van der Waals surface area contributed by atoms with Gasteiger partial charge in [0.15, 0.2) is 0 Å². The lowest BCUT2D eigenvalue weighted by Gasteiger charge is -2.13. The Labute approximate surface area is 203 Å². The molecule has 170 valence electrons. The van der Waals surface area contributed by atoms with Crippen molar-refractivity contribution in [2.45, 2.75) is 9.79 Å². The van der Waals surface area contributed by atoms with Crippen LogP contribution in [0.1, 0.15) is 20.7 Å². The third-order valence-electron chi connectivity index (χ3n) is 4.73. The molecule has 0 aliphatic rings. The average Bonchev–Trinajstić information content (AvgIpc) is 2.84. The summed E-state index contributed by atoms with van der Waals surface area (Å²) in [6, 6.07) is 25.9. The average molecular weight is 493 g/mol. The van der Waals surface area contributed by atoms with Crippen LogP contribution < -0.4 is 10.6 Å². The number of hydrogen-bond donors (Lipinski definition) is 2. The zero-order valence-corrected chi connectivity index (χ0v) is 19.3. The number of rotatable bonds is 7. The third kappa shape index (κ3) is 5.65. The molecule has 0 heterocycles. The molecule has 4 aromatic carbocycles. The zero-order valence-electron chi connectivity index (χ0n) is 17.6. The molecule has 4 aromatic rings. The summed E-state index contributed by atoms with van der Waals surface area (Å²) in [5, 5.41) is 5.51. The molecule has 0 radical (unpaired) electrons. The first-order valence-corrected chi connectivity index (χ1v) is 12.3. The molecule has 4 rings (SSSR count). The SMILES string of the molecule is O=C(Nc1ccccc1SSc1ccccc1NC(=O)c1ccccc1F)c1ccccc1F. The smallest absolute Gasteiger partial charge is 0.258 e. The van der Waals surface area contributed by atoms with Crippen LogP contribution in [0.25, 0.3) is 0 Å². The van der Waals surface area contributed by atoms with E-state index in [0.29, 0.717) is 11.4 Å². The van der Waals surface area contributed by atoms with Gasteiger partial charge in [-0.15, -0.1) is 0 Å². The van der Waals surface area contributed by atoms with E-state index in [4.69, 9.17) is 0 Å². The molecule has 0 fully saturated rings. The van der Waals surface area contributed by atoms with Crippen LogP contribution in [-0.2, 0) is 0 Å². The van der Waals surface area contributed by atoms with Crippen molar-refractivity contribution < 1.29 is 18.4 Å². The Morgan fingerprint density at radius 2 is 0.882 bits per heavy atom. The lowest BCUT2D eigenvalue weighted by Crippen LogP contribution is -2.14. The number of carbonyl (C=O) groups is 2. The molecule has 0 unspecified atom stereocenters. The van der Waals surface area contributed by atoms with Gasteiger partial charge in [-0.2, -0.15) is 0 Å². The lowest BCUT2D eigenvalue weighted by molar-refractivity contribution is 0.101. The van der Waals surface area contributed by atoms with Gasteiger partial charge in [0.25, 0.3) is 11.8 Å². The highest BCUT2D eigenvalue weighted by atomic mass is 33.1. The number of hydrogen-bond acceptors (Lipinski definition) is 4. The maximum Gasteiger partial charge on any atom is 0.258 e. The minimum Gasteiger partial charge on any atom is -0.321 e. The maximum absolute atomic E-state index is 14.0. The number of nitrogens with one attached hydrogen (secondary N) is 2. The Morgan fingerprint density at radius 1 is 0.529 bits per heavy atom. The fourth-order valence-corrected chi connectivity index (χ4v) is 5.32. The van der Waals surface area contributed by atoms with Gasteiger partial charge in [-0.1, -0.05) is 70.1 Å². The largest absolute Gasteiger partial charge is 0.321 e. The van der Waals surface area contributed by atoms with E-state index in [1.165, 1.54) is 58.0 Å². The summed E-state index contributed by atoms with van der Waals surface area (Å²) in [5.74, 6) is -2.29. The Bertz CT molecular complexity index is 1240. The molecule has 0 aliphatic heterocycles. The fraction of sp³-hybridized carbons (Fsp3) is 0. The van der Waals surface area contributed by atoms with Gasteiger partial charge in [0.05, 0.1) is 22.5 Å². The van der Waals surface area contributed by atoms with Gasteiger partial charge in [0.1, 0.15) is 11.6 Å². The monoisotopic (exact) mass is 492 g/mol. The predicted molar refractivity (Wildman–Crippen MR) is 133 cm³/mol. The van der Waals surface area contributed by atoms with Crippen LogP contribution in [0.2, 0.25) is 0 Å². The number of amides is 2. The van der Waals surface area contributed by atoms with Gasteiger partial charge < -0.3 is 10.6 Å². The molecule has 0 aromatic heterocycles. The van der Waals surface area contributed by atoms with Crippen molar-refractivity contribution in [3.63, 3.8) is 0 Å². The van der Waals surface area contributed by atoms with E-state index in [1.807, 2.05) is 24.3 Å². The highest BCUT2D eigenvalue weighted by Gasteiger charge is 2.15. The van der Waals surface area contributed by atoms with Crippen molar-refractivity contribution in [3.05, 3.63) is 120 Å². The Morgan fingerprint density at radius 3 is 1.29 bits per heavy atom. The molecule has 0 atom stereocenters. The van der Waals surface area contributed by atoms with Crippen molar-refractivity contribution in [2.75, 3.05) is 10.6 Å². The molecule has 0 aliphatic carbocycles. The van der Waals surface area contributed by atoms with E-state index in [0.717, 1.165) is 9.79 Å². The normalized spacial score (nSPS) is 10.5. The minimum atomic E-state index is -0.598. The summed E-state index contributed by atoms with van der Waals surface area (Å²) in [6.07, 6.45) is 0. The first-order chi connectivity index (χ1) is 16.5. The maximum atomic E-state index is 14.0. The third-order valence-corrected chi connectivity index (χ3v) is 7.21. The quantitative estimate of drug-likeness (QED) is 0.266. The van der Waals surface area contributed by atoms with Crippen molar-refractivity contribution in [3.8, 4) is 0 Å². The van der Waals surface area contributed by atoms with Crippen molar-refractivity contribution in [2.24, 2.45) is 0 Å². The standard InChI is InChI=1S/C26H18F2N2O2S2/c27-19-11-3-1-9-17(19)25(31)29-21-13-5-7-15-23(21)33-34-24-16-8-6-14-22(24)30-26(32)18-10-2-4-12-20(18)28/h1-16H,(H,29,31)(H,30,32). The van der Waals surface area contributed by atoms with Gasteiger partial charge in [0.2, 0.25) is 0 Å². The fourth-order valence-electron chi connectivity index (χ4n) is 3.04. The number of halogens is 2. The van der Waals surface area contributed by atoms with Gasteiger partial charge in [-0.25, -0.2) is 8.78 Å². The van der Waals surface area contributed by atoms with Crippen LogP contribution >= 0.6 is 21.6 Å². The van der Waals surface area contributed by atoms with Gasteiger partial charge in [-0.3, -0.25) is 9.59 Å². The van der Waals surface area contributed by atoms with E-state index in [2.05, 4.69) is 10.6 Å². The summed E-state index contributed by atoms with van der Waals surface area (Å²) < 4.78 is 28.0. The van der Waals surface area contributed by atoms with Crippen molar-refractivity contribution in [1.29, 1.82) is 0 Å². The predicted octanol–water partition coefficient (Wildman–Crippen LogP) is 7.27. The summed E-state index contributed by atoms with van der Waals surface area (Å²) >= 11 is 0. The number of anilines is 2. The second-order valence-electron chi connectivity index (χ2n) is 7.03. The van der Waals surface area contributed by atoms with Crippen molar-refractivity contribution in [1.82, 2.24) is 0 Å². The Kier molecular flexibility index (Phi) is 7.61. The topological polar surface area (TPSA) is 58.2 Å². The zero-order chi connectivity index (χ0) is 23.9. The van der Waals surface area contributed by atoms with Crippen LogP contribution in [-0.4, -0.2) is 11.8 Å². The molecule has 0 saturated carbocycles. The summed E-state index contributed by atoms with van der Waals surface area (Å²) in [7, 11) is 2.73. The highest BCUT2D eigenvalue weighted by Crippen LogP contribution is 2.43. The van der Waals surface area contributed by atoms with Crippen molar-refractivity contribution >= 4 is 44.8 Å². The molecule has 0 saturated heterocycles. The van der Waals surface area contributed by atoms with Crippen LogP contribution in [0.5, 0.6) is 0 Å². The van der Waals surface area contributed by atoms with E-state index < -0.39 is 23.4 Å². The first kappa shape index (κ1) is 23.5. The van der Waals surface area contributed by atoms with E-state index in [-0.39, 0.29) is 11.1 Å². The molecular formula is C26H18F2N2O2S2. The molecule has 0 spiro atoms. The Hall–Kier alpha value is -3.62. The minimum absolute atomic E-state index is 0.0452. The van der Waals surface area contributed by atoms with Gasteiger partial charge in [-0.05, 0) is 48.5 Å². The van der Waals surface area contributed by atoms with E-state index in [1.54, 1.807) is 36.4 Å². The highest BCUT2D eigenvalue weighted by molar-refractivity contribution is 8.76. The number of benzene rings is 4. The Balaban J connectivity index is 1.49. The van der Waals surface area contributed by atoms with Crippen LogP contribution in [0.3, 0.4) is 0 Å². The van der Waals surface area contributed by atoms with Gasteiger partial charge in [0, 0.05) is 9.79 Å². The second kappa shape index (κ2) is 11.0. The number of para-hydroxylation sites is 2. The van der Waals surface area contributed by atoms with E-state index >= 15 is 0 Å². The second-order valence-corrected chi connectivity index (χ2v) is 9.24. The number of carbonyl (C=O) groups excluding carboxylic acids is 2. The molecule has 2 amide bonds. The molecule has 2 N–H and O–H groups in total. The molecule has 4 nitrogen and oxygen atoms in total. The first-order valence-electron chi connectivity index (χ1n) is 10.2. The van der Waals surface area contributed by atoms with Crippen LogP contribution in [0.4, 0.5) is 20.2 Å². The molecule has 34 heavy (non-hydrogen) atoms. The molecule has 0 bridgehead atoms. The summed E-state index contributed by atoms with van der Waals surface area (Å²) in [6.45, 7) is 0. The molecule has 8 heteroatoms. The van der Waals surface area contributed by atoms with Crippen LogP contribution in [0.15, 0.2) is 107 Å². The van der Waals surface area contributed by atoms with Crippen LogP contribution in [0, 0.1) is 11.6 Å². The summed E-state index contributed by atoms with van der Waals surface area (Å²) in [5.41, 5.74) is 0.967.